The lowest BCUT2D eigenvalue weighted by atomic mass is 9.93. The molecule has 1 heterocycles. The van der Waals surface area contributed by atoms with Gasteiger partial charge in [0.2, 0.25) is 0 Å². The van der Waals surface area contributed by atoms with E-state index in [1.54, 1.807) is 0 Å². The molecule has 0 spiro atoms. The summed E-state index contributed by atoms with van der Waals surface area (Å²) in [5.74, 6) is 2.64. The van der Waals surface area contributed by atoms with Gasteiger partial charge in [0.15, 0.2) is 0 Å². The zero-order chi connectivity index (χ0) is 8.32. The summed E-state index contributed by atoms with van der Waals surface area (Å²) in [6.07, 6.45) is 1.40. The van der Waals surface area contributed by atoms with Crippen molar-refractivity contribution in [1.82, 2.24) is 4.90 Å². The quantitative estimate of drug-likeness (QED) is 0.360. The molecule has 0 amide bonds. The largest absolute Gasteiger partial charge is 0.377 e. The van der Waals surface area contributed by atoms with Crippen molar-refractivity contribution in [3.05, 3.63) is 0 Å². The molecule has 11 heavy (non-hydrogen) atoms. The van der Waals surface area contributed by atoms with Crippen molar-refractivity contribution >= 4 is 0 Å². The Labute approximate surface area is 67.2 Å². The third-order valence-corrected chi connectivity index (χ3v) is 2.12. The molecule has 1 aliphatic heterocycles. The van der Waals surface area contributed by atoms with Gasteiger partial charge in [0.1, 0.15) is 5.60 Å². The minimum atomic E-state index is -0.818. The minimum absolute atomic E-state index is 0.702. The van der Waals surface area contributed by atoms with Crippen LogP contribution in [0, 0.1) is 12.0 Å². The van der Waals surface area contributed by atoms with Gasteiger partial charge in [0.05, 0.1) is 0 Å². The summed E-state index contributed by atoms with van der Waals surface area (Å²) in [4.78, 5) is 2.17. The molecular formula is C8H14N2O. The standard InChI is InChI=1S/C8H14N2O/c1-10-6-3-8(11,2-5-9)4-7-10/h11H,3-4,6-7,9H2,1H3. The molecule has 3 heteroatoms. The molecule has 3 N–H and O–H groups in total. The maximum atomic E-state index is 9.71. The van der Waals surface area contributed by atoms with Crippen molar-refractivity contribution in [2.24, 2.45) is 5.73 Å². The van der Waals surface area contributed by atoms with E-state index in [0.29, 0.717) is 12.8 Å². The fourth-order valence-electron chi connectivity index (χ4n) is 1.25. The van der Waals surface area contributed by atoms with E-state index >= 15 is 0 Å². The Morgan fingerprint density at radius 3 is 2.45 bits per heavy atom. The second-order valence-electron chi connectivity index (χ2n) is 3.10. The third kappa shape index (κ3) is 2.11. The van der Waals surface area contributed by atoms with Crippen LogP contribution in [-0.2, 0) is 0 Å². The van der Waals surface area contributed by atoms with E-state index < -0.39 is 5.60 Å². The first-order chi connectivity index (χ1) is 5.16. The van der Waals surface area contributed by atoms with Gasteiger partial charge in [-0.1, -0.05) is 0 Å². The average Bonchev–Trinajstić information content (AvgIpc) is 1.97. The van der Waals surface area contributed by atoms with E-state index in [1.165, 1.54) is 0 Å². The van der Waals surface area contributed by atoms with E-state index in [9.17, 15) is 5.11 Å². The van der Waals surface area contributed by atoms with Crippen molar-refractivity contribution in [3.63, 3.8) is 0 Å². The van der Waals surface area contributed by atoms with Crippen LogP contribution in [0.15, 0.2) is 0 Å². The maximum absolute atomic E-state index is 9.71. The highest BCUT2D eigenvalue weighted by Crippen LogP contribution is 2.19. The molecule has 0 radical (unpaired) electrons. The average molecular weight is 154 g/mol. The van der Waals surface area contributed by atoms with E-state index in [0.717, 1.165) is 13.1 Å². The van der Waals surface area contributed by atoms with Crippen LogP contribution in [0.5, 0.6) is 0 Å². The topological polar surface area (TPSA) is 49.5 Å². The number of nitrogens with zero attached hydrogens (tertiary/aromatic N) is 1. The number of hydrogen-bond donors (Lipinski definition) is 2. The Kier molecular flexibility index (Phi) is 2.38. The lowest BCUT2D eigenvalue weighted by molar-refractivity contribution is 0.0349. The summed E-state index contributed by atoms with van der Waals surface area (Å²) in [5.41, 5.74) is 4.23. The second kappa shape index (κ2) is 3.12. The molecule has 1 fully saturated rings. The summed E-state index contributed by atoms with van der Waals surface area (Å²) < 4.78 is 0. The lowest BCUT2D eigenvalue weighted by Crippen LogP contribution is -2.41. The molecule has 0 saturated carbocycles. The van der Waals surface area contributed by atoms with Crippen LogP contribution >= 0.6 is 0 Å². The van der Waals surface area contributed by atoms with Crippen molar-refractivity contribution in [2.75, 3.05) is 20.1 Å². The maximum Gasteiger partial charge on any atom is 0.129 e. The van der Waals surface area contributed by atoms with Crippen LogP contribution in [0.3, 0.4) is 0 Å². The number of likely N-dealkylation sites (tertiary alicyclic amines) is 1. The molecule has 62 valence electrons. The van der Waals surface area contributed by atoms with Crippen molar-refractivity contribution in [1.29, 1.82) is 0 Å². The number of rotatable bonds is 0. The molecule has 0 atom stereocenters. The number of aliphatic hydroxyl groups is 1. The van der Waals surface area contributed by atoms with Gasteiger partial charge in [0, 0.05) is 32.0 Å². The monoisotopic (exact) mass is 154 g/mol. The van der Waals surface area contributed by atoms with Gasteiger partial charge in [-0.2, -0.15) is 0 Å². The smallest absolute Gasteiger partial charge is 0.129 e. The predicted molar refractivity (Wildman–Crippen MR) is 43.6 cm³/mol. The first-order valence-electron chi connectivity index (χ1n) is 3.80. The Balaban J connectivity index is 2.52. The van der Waals surface area contributed by atoms with Gasteiger partial charge < -0.3 is 15.7 Å². The van der Waals surface area contributed by atoms with Crippen LogP contribution in [0.2, 0.25) is 0 Å². The molecule has 1 aliphatic rings. The molecule has 1 saturated heterocycles. The fraction of sp³-hybridized carbons (Fsp3) is 0.750. The van der Waals surface area contributed by atoms with Gasteiger partial charge in [0.25, 0.3) is 0 Å². The first-order valence-corrected chi connectivity index (χ1v) is 3.80. The van der Waals surface area contributed by atoms with E-state index in [-0.39, 0.29) is 0 Å². The Morgan fingerprint density at radius 2 is 2.00 bits per heavy atom. The van der Waals surface area contributed by atoms with Gasteiger partial charge in [-0.05, 0) is 13.0 Å². The van der Waals surface area contributed by atoms with Crippen LogP contribution < -0.4 is 5.73 Å². The Morgan fingerprint density at radius 1 is 1.45 bits per heavy atom. The molecular weight excluding hydrogens is 140 g/mol. The van der Waals surface area contributed by atoms with Gasteiger partial charge in [-0.3, -0.25) is 0 Å². The molecule has 0 aromatic heterocycles. The molecule has 0 aromatic rings. The van der Waals surface area contributed by atoms with Gasteiger partial charge in [-0.15, -0.1) is 0 Å². The molecule has 3 nitrogen and oxygen atoms in total. The molecule has 0 aromatic carbocycles. The summed E-state index contributed by atoms with van der Waals surface area (Å²) in [6, 6.07) is 2.27. The molecule has 0 unspecified atom stereocenters. The van der Waals surface area contributed by atoms with Crippen molar-refractivity contribution < 1.29 is 5.11 Å². The highest BCUT2D eigenvalue weighted by atomic mass is 16.3. The molecule has 0 bridgehead atoms. The van der Waals surface area contributed by atoms with Crippen molar-refractivity contribution in [2.45, 2.75) is 18.4 Å². The fourth-order valence-corrected chi connectivity index (χ4v) is 1.25. The first kappa shape index (κ1) is 8.38. The van der Waals surface area contributed by atoms with Crippen molar-refractivity contribution in [3.8, 4) is 12.0 Å². The number of hydrogen-bond acceptors (Lipinski definition) is 3. The predicted octanol–water partition coefficient (Wildman–Crippen LogP) is -0.637. The van der Waals surface area contributed by atoms with Crippen LogP contribution in [0.4, 0.5) is 0 Å². The highest BCUT2D eigenvalue weighted by Gasteiger charge is 2.28. The zero-order valence-corrected chi connectivity index (χ0v) is 6.80. The summed E-state index contributed by atoms with van der Waals surface area (Å²) in [6.45, 7) is 1.79. The Bertz CT molecular complexity index is 184. The number of piperidine rings is 1. The van der Waals surface area contributed by atoms with E-state index in [2.05, 4.69) is 16.9 Å². The summed E-state index contributed by atoms with van der Waals surface area (Å²) >= 11 is 0. The molecule has 0 aliphatic carbocycles. The van der Waals surface area contributed by atoms with Gasteiger partial charge in [-0.25, -0.2) is 0 Å². The van der Waals surface area contributed by atoms with E-state index in [4.69, 9.17) is 5.73 Å². The minimum Gasteiger partial charge on any atom is -0.377 e. The lowest BCUT2D eigenvalue weighted by Gasteiger charge is -2.32. The van der Waals surface area contributed by atoms with Crippen LogP contribution in [0.25, 0.3) is 0 Å². The normalized spacial score (nSPS) is 23.8. The summed E-state index contributed by atoms with van der Waals surface area (Å²) in [5, 5.41) is 9.71. The van der Waals surface area contributed by atoms with Gasteiger partial charge >= 0.3 is 0 Å². The highest BCUT2D eigenvalue weighted by molar-refractivity contribution is 5.13. The molecule has 1 rings (SSSR count). The van der Waals surface area contributed by atoms with Crippen LogP contribution in [-0.4, -0.2) is 35.7 Å². The van der Waals surface area contributed by atoms with E-state index in [1.807, 2.05) is 7.05 Å². The SMILES string of the molecule is CN1CCC(O)(C#CN)CC1. The number of nitrogens with two attached hydrogens (primary N) is 1. The Hall–Kier alpha value is -0.720. The third-order valence-electron chi connectivity index (χ3n) is 2.12. The zero-order valence-electron chi connectivity index (χ0n) is 6.80. The summed E-state index contributed by atoms with van der Waals surface area (Å²) in [7, 11) is 2.04. The van der Waals surface area contributed by atoms with Crippen LogP contribution in [0.1, 0.15) is 12.8 Å². The second-order valence-corrected chi connectivity index (χ2v) is 3.10.